The highest BCUT2D eigenvalue weighted by Crippen LogP contribution is 2.52. The molecule has 3 atom stereocenters. The molecule has 0 aromatic heterocycles. The zero-order chi connectivity index (χ0) is 15.0. The maximum Gasteiger partial charge on any atom is 0.228 e. The molecule has 2 aliphatic carbocycles. The van der Waals surface area contributed by atoms with Gasteiger partial charge in [0.2, 0.25) is 5.91 Å². The van der Waals surface area contributed by atoms with Gasteiger partial charge in [-0.3, -0.25) is 4.79 Å². The zero-order valence-corrected chi connectivity index (χ0v) is 13.3. The van der Waals surface area contributed by atoms with Crippen molar-refractivity contribution in [3.8, 4) is 0 Å². The molecule has 1 N–H and O–H groups in total. The van der Waals surface area contributed by atoms with E-state index in [4.69, 9.17) is 0 Å². The minimum Gasteiger partial charge on any atom is -0.325 e. The van der Waals surface area contributed by atoms with E-state index < -0.39 is 0 Å². The summed E-state index contributed by atoms with van der Waals surface area (Å²) in [6, 6.07) is 4.27. The van der Waals surface area contributed by atoms with Crippen molar-refractivity contribution in [2.75, 3.05) is 5.32 Å². The predicted octanol–water partition coefficient (Wildman–Crippen LogP) is 4.54. The molecule has 1 aromatic rings. The highest BCUT2D eigenvalue weighted by molar-refractivity contribution is 5.96. The van der Waals surface area contributed by atoms with Gasteiger partial charge in [0.25, 0.3) is 0 Å². The van der Waals surface area contributed by atoms with Crippen LogP contribution in [0.5, 0.6) is 0 Å². The Balaban J connectivity index is 1.73. The number of aryl methyl sites for hydroxylation is 3. The summed E-state index contributed by atoms with van der Waals surface area (Å²) in [7, 11) is 0. The van der Waals surface area contributed by atoms with Crippen molar-refractivity contribution in [2.45, 2.75) is 46.5 Å². The summed E-state index contributed by atoms with van der Waals surface area (Å²) in [5, 5.41) is 3.19. The first-order valence-corrected chi connectivity index (χ1v) is 8.13. The van der Waals surface area contributed by atoms with Crippen LogP contribution < -0.4 is 5.32 Å². The number of anilines is 1. The van der Waals surface area contributed by atoms with Crippen LogP contribution in [0.25, 0.3) is 0 Å². The van der Waals surface area contributed by atoms with Crippen molar-refractivity contribution in [1.29, 1.82) is 0 Å². The number of nitrogens with one attached hydrogen (secondary N) is 1. The van der Waals surface area contributed by atoms with E-state index in [2.05, 4.69) is 50.4 Å². The summed E-state index contributed by atoms with van der Waals surface area (Å²) in [5.74, 6) is 1.47. The minimum absolute atomic E-state index is 0.194. The van der Waals surface area contributed by atoms with Gasteiger partial charge in [0.1, 0.15) is 0 Å². The molecule has 3 rings (SSSR count). The molecule has 1 amide bonds. The van der Waals surface area contributed by atoms with Crippen molar-refractivity contribution >= 4 is 11.6 Å². The number of hydrogen-bond donors (Lipinski definition) is 1. The van der Waals surface area contributed by atoms with Gasteiger partial charge in [-0.15, -0.1) is 0 Å². The highest BCUT2D eigenvalue weighted by Gasteiger charge is 2.52. The van der Waals surface area contributed by atoms with Gasteiger partial charge in [-0.1, -0.05) is 36.3 Å². The van der Waals surface area contributed by atoms with E-state index in [1.165, 1.54) is 31.2 Å². The fourth-order valence-electron chi connectivity index (χ4n) is 3.88. The first kappa shape index (κ1) is 14.4. The predicted molar refractivity (Wildman–Crippen MR) is 87.4 cm³/mol. The van der Waals surface area contributed by atoms with E-state index in [0.717, 1.165) is 16.8 Å². The standard InChI is InChI=1S/C19H25NO/c1-12-10-13(2)18(14(3)11-12)20-19(21)17-15-8-6-4-5-7-9-16(15)17/h6,8,10-11,15-17H,4-5,7,9H2,1-3H3,(H,20,21)/b8-6-/t15-,16+,17-/m0/s1. The van der Waals surface area contributed by atoms with E-state index in [9.17, 15) is 4.79 Å². The van der Waals surface area contributed by atoms with Gasteiger partial charge in [-0.05, 0) is 63.0 Å². The van der Waals surface area contributed by atoms with Crippen LogP contribution in [0.1, 0.15) is 42.4 Å². The smallest absolute Gasteiger partial charge is 0.228 e. The third-order valence-electron chi connectivity index (χ3n) is 4.97. The molecule has 0 aliphatic heterocycles. The lowest BCUT2D eigenvalue weighted by Gasteiger charge is -2.13. The van der Waals surface area contributed by atoms with E-state index in [-0.39, 0.29) is 11.8 Å². The van der Waals surface area contributed by atoms with Gasteiger partial charge in [-0.25, -0.2) is 0 Å². The lowest BCUT2D eigenvalue weighted by molar-refractivity contribution is -0.117. The van der Waals surface area contributed by atoms with Crippen LogP contribution in [0, 0.1) is 38.5 Å². The average molecular weight is 283 g/mol. The van der Waals surface area contributed by atoms with Gasteiger partial charge in [-0.2, -0.15) is 0 Å². The SMILES string of the molecule is Cc1cc(C)c(NC(=O)[C@H]2[C@H]3/C=C\CCCC[C@H]32)c(C)c1. The Morgan fingerprint density at radius 1 is 1.14 bits per heavy atom. The maximum absolute atomic E-state index is 12.6. The largest absolute Gasteiger partial charge is 0.325 e. The molecule has 2 nitrogen and oxygen atoms in total. The second-order valence-corrected chi connectivity index (χ2v) is 6.74. The number of carbonyl (C=O) groups is 1. The number of hydrogen-bond acceptors (Lipinski definition) is 1. The van der Waals surface area contributed by atoms with Crippen molar-refractivity contribution < 1.29 is 4.79 Å². The Labute approximate surface area is 127 Å². The lowest BCUT2D eigenvalue weighted by Crippen LogP contribution is -2.17. The summed E-state index contributed by atoms with van der Waals surface area (Å²) in [5.41, 5.74) is 4.58. The van der Waals surface area contributed by atoms with Crippen molar-refractivity contribution in [1.82, 2.24) is 0 Å². The minimum atomic E-state index is 0.194. The molecule has 0 spiro atoms. The topological polar surface area (TPSA) is 29.1 Å². The summed E-state index contributed by atoms with van der Waals surface area (Å²) in [6.45, 7) is 6.25. The fraction of sp³-hybridized carbons (Fsp3) is 0.526. The molecule has 2 aliphatic rings. The summed E-state index contributed by atoms with van der Waals surface area (Å²) >= 11 is 0. The Kier molecular flexibility index (Phi) is 3.88. The Morgan fingerprint density at radius 3 is 2.57 bits per heavy atom. The number of allylic oxidation sites excluding steroid dienone is 2. The first-order valence-electron chi connectivity index (χ1n) is 8.13. The van der Waals surface area contributed by atoms with Crippen molar-refractivity contribution in [2.24, 2.45) is 17.8 Å². The number of benzene rings is 1. The number of rotatable bonds is 2. The van der Waals surface area contributed by atoms with Crippen LogP contribution in [-0.4, -0.2) is 5.91 Å². The molecule has 2 heteroatoms. The van der Waals surface area contributed by atoms with E-state index >= 15 is 0 Å². The van der Waals surface area contributed by atoms with Crippen LogP contribution in [0.15, 0.2) is 24.3 Å². The summed E-state index contributed by atoms with van der Waals surface area (Å²) in [4.78, 5) is 12.6. The first-order chi connectivity index (χ1) is 10.1. The lowest BCUT2D eigenvalue weighted by atomic mass is 10.0. The van der Waals surface area contributed by atoms with Crippen LogP contribution in [0.2, 0.25) is 0 Å². The Bertz CT molecular complexity index is 564. The maximum atomic E-state index is 12.6. The molecule has 112 valence electrons. The zero-order valence-electron chi connectivity index (χ0n) is 13.3. The van der Waals surface area contributed by atoms with Crippen molar-refractivity contribution in [3.05, 3.63) is 41.0 Å². The van der Waals surface area contributed by atoms with Gasteiger partial charge in [0, 0.05) is 11.6 Å². The Morgan fingerprint density at radius 2 is 1.86 bits per heavy atom. The molecule has 1 fully saturated rings. The molecule has 0 saturated heterocycles. The second-order valence-electron chi connectivity index (χ2n) is 6.74. The molecule has 0 bridgehead atoms. The van der Waals surface area contributed by atoms with Gasteiger partial charge in [0.05, 0.1) is 0 Å². The van der Waals surface area contributed by atoms with E-state index in [1.807, 2.05) is 0 Å². The normalized spacial score (nSPS) is 29.0. The summed E-state index contributed by atoms with van der Waals surface area (Å²) in [6.07, 6.45) is 9.46. The monoisotopic (exact) mass is 283 g/mol. The molecule has 21 heavy (non-hydrogen) atoms. The van der Waals surface area contributed by atoms with Gasteiger partial charge < -0.3 is 5.32 Å². The van der Waals surface area contributed by atoms with E-state index in [1.54, 1.807) is 0 Å². The molecular formula is C19H25NO. The third kappa shape index (κ3) is 2.90. The average Bonchev–Trinajstić information content (AvgIpc) is 3.05. The van der Waals surface area contributed by atoms with Crippen LogP contribution in [0.4, 0.5) is 5.69 Å². The van der Waals surface area contributed by atoms with Crippen LogP contribution >= 0.6 is 0 Å². The third-order valence-corrected chi connectivity index (χ3v) is 4.97. The molecule has 1 aromatic carbocycles. The fourth-order valence-corrected chi connectivity index (χ4v) is 3.88. The van der Waals surface area contributed by atoms with Gasteiger partial charge >= 0.3 is 0 Å². The van der Waals surface area contributed by atoms with Gasteiger partial charge in [0.15, 0.2) is 0 Å². The second kappa shape index (κ2) is 5.67. The summed E-state index contributed by atoms with van der Waals surface area (Å²) < 4.78 is 0. The van der Waals surface area contributed by atoms with Crippen LogP contribution in [0.3, 0.4) is 0 Å². The number of fused-ring (bicyclic) bond motifs is 1. The molecular weight excluding hydrogens is 258 g/mol. The van der Waals surface area contributed by atoms with E-state index in [0.29, 0.717) is 11.8 Å². The molecule has 1 saturated carbocycles. The number of carbonyl (C=O) groups excluding carboxylic acids is 1. The molecule has 0 radical (unpaired) electrons. The Hall–Kier alpha value is -1.57. The molecule has 0 heterocycles. The van der Waals surface area contributed by atoms with Crippen molar-refractivity contribution in [3.63, 3.8) is 0 Å². The van der Waals surface area contributed by atoms with Crippen LogP contribution in [-0.2, 0) is 4.79 Å². The highest BCUT2D eigenvalue weighted by atomic mass is 16.2. The number of amides is 1. The quantitative estimate of drug-likeness (QED) is 0.793. The molecule has 0 unspecified atom stereocenters.